The molecule has 6 heterocycles. The highest BCUT2D eigenvalue weighted by molar-refractivity contribution is 5.98. The number of nitrogens with one attached hydrogen (secondary N) is 1. The lowest BCUT2D eigenvalue weighted by atomic mass is 10.1. The van der Waals surface area contributed by atoms with Gasteiger partial charge in [0.05, 0.1) is 49.9 Å². The molecule has 3 fully saturated rings. The third-order valence-electron chi connectivity index (χ3n) is 6.93. The van der Waals surface area contributed by atoms with Crippen LogP contribution in [-0.2, 0) is 16.0 Å². The molecule has 3 aromatic rings. The van der Waals surface area contributed by atoms with E-state index in [0.29, 0.717) is 61.1 Å². The second-order valence-electron chi connectivity index (χ2n) is 9.24. The van der Waals surface area contributed by atoms with Crippen LogP contribution in [0.2, 0.25) is 0 Å². The molecule has 3 atom stereocenters. The summed E-state index contributed by atoms with van der Waals surface area (Å²) in [5, 5.41) is 11.2. The number of rotatable bonds is 4. The maximum atomic E-state index is 13.6. The number of aromatic nitrogens is 5. The molecule has 3 saturated heterocycles. The fourth-order valence-corrected chi connectivity index (χ4v) is 5.44. The summed E-state index contributed by atoms with van der Waals surface area (Å²) in [6.07, 6.45) is -0.857. The van der Waals surface area contributed by atoms with Crippen molar-refractivity contribution in [1.29, 1.82) is 0 Å². The summed E-state index contributed by atoms with van der Waals surface area (Å²) in [7, 11) is 0. The summed E-state index contributed by atoms with van der Waals surface area (Å²) in [6, 6.07) is 4.05. The lowest BCUT2D eigenvalue weighted by Gasteiger charge is -2.38. The summed E-state index contributed by atoms with van der Waals surface area (Å²) < 4.78 is 53.2. The van der Waals surface area contributed by atoms with E-state index in [2.05, 4.69) is 25.1 Å². The van der Waals surface area contributed by atoms with Gasteiger partial charge in [-0.2, -0.15) is 23.4 Å². The van der Waals surface area contributed by atoms with Crippen molar-refractivity contribution < 1.29 is 22.6 Å². The summed E-state index contributed by atoms with van der Waals surface area (Å²) in [5.74, 6) is 0.754. The summed E-state index contributed by atoms with van der Waals surface area (Å²) >= 11 is 0. The van der Waals surface area contributed by atoms with Gasteiger partial charge >= 0.3 is 6.18 Å². The van der Waals surface area contributed by atoms with Crippen molar-refractivity contribution in [3.63, 3.8) is 0 Å². The monoisotopic (exact) mass is 477 g/mol. The van der Waals surface area contributed by atoms with Crippen molar-refractivity contribution in [1.82, 2.24) is 25.0 Å². The Balaban J connectivity index is 1.60. The zero-order valence-corrected chi connectivity index (χ0v) is 18.8. The molecule has 3 aromatic heterocycles. The first-order valence-electron chi connectivity index (χ1n) is 11.6. The minimum absolute atomic E-state index is 0.00143. The number of aromatic amines is 1. The Bertz CT molecular complexity index is 1160. The highest BCUT2D eigenvalue weighted by atomic mass is 19.4. The molecule has 9 nitrogen and oxygen atoms in total. The smallest absolute Gasteiger partial charge is 0.377 e. The van der Waals surface area contributed by atoms with E-state index < -0.39 is 12.7 Å². The Morgan fingerprint density at radius 2 is 1.94 bits per heavy atom. The molecule has 1 N–H and O–H groups in total. The number of pyridine rings is 1. The van der Waals surface area contributed by atoms with Crippen LogP contribution in [-0.4, -0.2) is 82.2 Å². The second-order valence-corrected chi connectivity index (χ2v) is 9.24. The Labute approximate surface area is 193 Å². The molecule has 0 aliphatic carbocycles. The first-order chi connectivity index (χ1) is 16.4. The molecule has 12 heteroatoms. The molecule has 0 amide bonds. The van der Waals surface area contributed by atoms with Crippen molar-refractivity contribution in [2.24, 2.45) is 0 Å². The van der Waals surface area contributed by atoms with Gasteiger partial charge in [0, 0.05) is 24.8 Å². The molecule has 0 radical (unpaired) electrons. The van der Waals surface area contributed by atoms with E-state index in [0.717, 1.165) is 23.3 Å². The Hall–Kier alpha value is -2.86. The van der Waals surface area contributed by atoms with Crippen LogP contribution in [0.25, 0.3) is 22.4 Å². The van der Waals surface area contributed by atoms with Crippen molar-refractivity contribution in [2.45, 2.75) is 50.6 Å². The number of morpholine rings is 2. The maximum absolute atomic E-state index is 13.6. The quantitative estimate of drug-likeness (QED) is 0.619. The van der Waals surface area contributed by atoms with Crippen LogP contribution >= 0.6 is 0 Å². The molecule has 34 heavy (non-hydrogen) atoms. The van der Waals surface area contributed by atoms with Crippen molar-refractivity contribution in [3.8, 4) is 11.4 Å². The Kier molecular flexibility index (Phi) is 5.17. The molecule has 0 saturated carbocycles. The largest absolute Gasteiger partial charge is 0.408 e. The third kappa shape index (κ3) is 3.68. The number of alkyl halides is 3. The van der Waals surface area contributed by atoms with Gasteiger partial charge in [-0.25, -0.2) is 4.98 Å². The summed E-state index contributed by atoms with van der Waals surface area (Å²) in [6.45, 7) is 3.65. The van der Waals surface area contributed by atoms with E-state index in [4.69, 9.17) is 14.5 Å². The van der Waals surface area contributed by atoms with Gasteiger partial charge in [-0.3, -0.25) is 9.78 Å². The summed E-state index contributed by atoms with van der Waals surface area (Å²) in [5.41, 5.74) is 2.40. The van der Waals surface area contributed by atoms with Gasteiger partial charge in [-0.1, -0.05) is 0 Å². The molecule has 6 rings (SSSR count). The van der Waals surface area contributed by atoms with E-state index in [1.54, 1.807) is 12.3 Å². The molecule has 2 bridgehead atoms. The van der Waals surface area contributed by atoms with Crippen LogP contribution in [0.5, 0.6) is 0 Å². The zero-order chi connectivity index (χ0) is 23.4. The van der Waals surface area contributed by atoms with Crippen LogP contribution in [0.1, 0.15) is 19.8 Å². The SMILES string of the molecule is C[C@@H]1COCCN1c1cc(N2C3CCC2COC3)nc2c(-c3ccn[nH]3)nn(CC(F)(F)F)c12. The fraction of sp³-hybridized carbons (Fsp3) is 0.591. The van der Waals surface area contributed by atoms with Gasteiger partial charge in [0.1, 0.15) is 29.1 Å². The molecule has 3 aliphatic rings. The number of hydrogen-bond donors (Lipinski definition) is 1. The standard InChI is InChI=1S/C22H26F3N7O2/c1-13-9-33-7-6-30(13)17-8-18(32-14-2-3-15(32)11-34-10-14)27-20-19(16-4-5-26-28-16)29-31(21(17)20)12-22(23,24)25/h4-5,8,13-15H,2-3,6-7,9-12H2,1H3,(H,26,28)/t13-,14?,15?/m1/s1. The van der Waals surface area contributed by atoms with Crippen LogP contribution < -0.4 is 9.80 Å². The number of halogens is 3. The molecule has 0 spiro atoms. The number of ether oxygens (including phenoxy) is 2. The fourth-order valence-electron chi connectivity index (χ4n) is 5.44. The normalized spacial score (nSPS) is 25.5. The first kappa shape index (κ1) is 21.7. The van der Waals surface area contributed by atoms with Crippen molar-refractivity contribution in [3.05, 3.63) is 18.3 Å². The lowest BCUT2D eigenvalue weighted by molar-refractivity contribution is -0.141. The number of H-pyrrole nitrogens is 1. The molecule has 0 aromatic carbocycles. The molecular formula is C22H26F3N7O2. The van der Waals surface area contributed by atoms with Crippen LogP contribution in [0, 0.1) is 0 Å². The van der Waals surface area contributed by atoms with Crippen LogP contribution in [0.3, 0.4) is 0 Å². The predicted molar refractivity (Wildman–Crippen MR) is 119 cm³/mol. The van der Waals surface area contributed by atoms with Gasteiger partial charge < -0.3 is 19.3 Å². The van der Waals surface area contributed by atoms with E-state index in [9.17, 15) is 13.2 Å². The van der Waals surface area contributed by atoms with Gasteiger partial charge in [-0.15, -0.1) is 0 Å². The minimum Gasteiger partial charge on any atom is -0.377 e. The van der Waals surface area contributed by atoms with E-state index in [1.165, 1.54) is 0 Å². The molecular weight excluding hydrogens is 451 g/mol. The maximum Gasteiger partial charge on any atom is 0.408 e. The number of fused-ring (bicyclic) bond motifs is 3. The van der Waals surface area contributed by atoms with Gasteiger partial charge in [0.15, 0.2) is 0 Å². The first-order valence-corrected chi connectivity index (χ1v) is 11.6. The highest BCUT2D eigenvalue weighted by Crippen LogP contribution is 2.41. The van der Waals surface area contributed by atoms with E-state index >= 15 is 0 Å². The van der Waals surface area contributed by atoms with Gasteiger partial charge in [0.2, 0.25) is 0 Å². The molecule has 2 unspecified atom stereocenters. The van der Waals surface area contributed by atoms with Crippen molar-refractivity contribution >= 4 is 22.5 Å². The minimum atomic E-state index is -4.43. The Morgan fingerprint density at radius 1 is 1.15 bits per heavy atom. The summed E-state index contributed by atoms with van der Waals surface area (Å²) in [4.78, 5) is 9.34. The van der Waals surface area contributed by atoms with Crippen molar-refractivity contribution in [2.75, 3.05) is 42.8 Å². The van der Waals surface area contributed by atoms with Crippen LogP contribution in [0.15, 0.2) is 18.3 Å². The highest BCUT2D eigenvalue weighted by Gasteiger charge is 2.40. The van der Waals surface area contributed by atoms with Crippen LogP contribution in [0.4, 0.5) is 24.7 Å². The third-order valence-corrected chi connectivity index (χ3v) is 6.93. The predicted octanol–water partition coefficient (Wildman–Crippen LogP) is 2.98. The number of nitrogens with zero attached hydrogens (tertiary/aromatic N) is 6. The number of hydrogen-bond acceptors (Lipinski definition) is 7. The second kappa shape index (κ2) is 8.12. The van der Waals surface area contributed by atoms with E-state index in [1.807, 2.05) is 13.0 Å². The average molecular weight is 477 g/mol. The topological polar surface area (TPSA) is 84.3 Å². The zero-order valence-electron chi connectivity index (χ0n) is 18.8. The van der Waals surface area contributed by atoms with Gasteiger partial charge in [0.25, 0.3) is 0 Å². The number of anilines is 2. The Morgan fingerprint density at radius 3 is 2.62 bits per heavy atom. The average Bonchev–Trinajstić information content (AvgIpc) is 3.50. The van der Waals surface area contributed by atoms with E-state index in [-0.39, 0.29) is 18.1 Å². The molecule has 3 aliphatic heterocycles. The molecule has 182 valence electrons. The van der Waals surface area contributed by atoms with Gasteiger partial charge in [-0.05, 0) is 25.8 Å². The lowest BCUT2D eigenvalue weighted by Crippen LogP contribution is -2.47.